The first-order valence-corrected chi connectivity index (χ1v) is 8.62. The maximum absolute atomic E-state index is 10.3. The van der Waals surface area contributed by atoms with Gasteiger partial charge < -0.3 is 9.84 Å². The van der Waals surface area contributed by atoms with Gasteiger partial charge in [-0.25, -0.2) is 0 Å². The third-order valence-corrected chi connectivity index (χ3v) is 5.12. The molecule has 1 aromatic heterocycles. The highest BCUT2D eigenvalue weighted by Gasteiger charge is 2.19. The second-order valence-corrected chi connectivity index (χ2v) is 6.73. The molecular weight excluding hydrogens is 284 g/mol. The van der Waals surface area contributed by atoms with Crippen LogP contribution in [0, 0.1) is 0 Å². The molecule has 0 spiro atoms. The number of β-amino-alcohol motifs (C(OH)–C–C–N with tert-alkyl or cyclic N) is 1. The normalized spacial score (nSPS) is 23.0. The Hall–Kier alpha value is -0.720. The molecule has 3 heterocycles. The molecule has 3 rings (SSSR count). The van der Waals surface area contributed by atoms with Crippen molar-refractivity contribution in [2.24, 2.45) is 0 Å². The van der Waals surface area contributed by atoms with Crippen LogP contribution in [-0.2, 0) is 4.74 Å². The Bertz CT molecular complexity index is 455. The molecule has 0 radical (unpaired) electrons. The van der Waals surface area contributed by atoms with E-state index in [9.17, 15) is 5.11 Å². The summed E-state index contributed by atoms with van der Waals surface area (Å²) in [7, 11) is 0. The predicted molar refractivity (Wildman–Crippen MR) is 86.6 cm³/mol. The summed E-state index contributed by atoms with van der Waals surface area (Å²) in [5, 5.41) is 12.4. The van der Waals surface area contributed by atoms with Crippen molar-refractivity contribution in [1.29, 1.82) is 0 Å². The van der Waals surface area contributed by atoms with Gasteiger partial charge in [0.15, 0.2) is 0 Å². The van der Waals surface area contributed by atoms with Crippen LogP contribution in [0.3, 0.4) is 0 Å². The fraction of sp³-hybridized carbons (Fsp3) is 0.625. The van der Waals surface area contributed by atoms with Gasteiger partial charge in [0.2, 0.25) is 0 Å². The lowest BCUT2D eigenvalue weighted by molar-refractivity contribution is 0.00768. The van der Waals surface area contributed by atoms with Crippen LogP contribution in [0.25, 0.3) is 5.57 Å². The molecule has 1 aromatic rings. The fourth-order valence-electron chi connectivity index (χ4n) is 3.00. The van der Waals surface area contributed by atoms with E-state index in [4.69, 9.17) is 4.74 Å². The quantitative estimate of drug-likeness (QED) is 0.895. The molecule has 0 aromatic carbocycles. The molecule has 1 saturated heterocycles. The second-order valence-electron chi connectivity index (χ2n) is 5.78. The highest BCUT2D eigenvalue weighted by molar-refractivity contribution is 7.11. The standard InChI is InChI=1S/C16H24N2O2S/c19-15(13-18-7-9-20-10-8-18)12-17-5-3-14(4-6-17)16-2-1-11-21-16/h1-3,11,15,19H,4-10,12-13H2. The second kappa shape index (κ2) is 7.51. The molecule has 0 aliphatic carbocycles. The van der Waals surface area contributed by atoms with Crippen LogP contribution in [0.2, 0.25) is 0 Å². The summed E-state index contributed by atoms with van der Waals surface area (Å²) in [6, 6.07) is 4.30. The average Bonchev–Trinajstić information content (AvgIpc) is 3.03. The summed E-state index contributed by atoms with van der Waals surface area (Å²) in [5.41, 5.74) is 1.46. The van der Waals surface area contributed by atoms with Crippen molar-refractivity contribution in [2.45, 2.75) is 12.5 Å². The van der Waals surface area contributed by atoms with Crippen LogP contribution in [0.5, 0.6) is 0 Å². The largest absolute Gasteiger partial charge is 0.390 e. The van der Waals surface area contributed by atoms with E-state index in [1.807, 2.05) is 11.3 Å². The summed E-state index contributed by atoms with van der Waals surface area (Å²) in [6.45, 7) is 7.01. The molecule has 1 N–H and O–H groups in total. The maximum atomic E-state index is 10.3. The zero-order valence-corrected chi connectivity index (χ0v) is 13.2. The van der Waals surface area contributed by atoms with Crippen LogP contribution in [-0.4, -0.2) is 73.5 Å². The first-order chi connectivity index (χ1) is 10.3. The smallest absolute Gasteiger partial charge is 0.0793 e. The van der Waals surface area contributed by atoms with Gasteiger partial charge >= 0.3 is 0 Å². The van der Waals surface area contributed by atoms with Gasteiger partial charge in [-0.05, 0) is 23.4 Å². The minimum atomic E-state index is -0.264. The van der Waals surface area contributed by atoms with Gasteiger partial charge in [-0.15, -0.1) is 11.3 Å². The van der Waals surface area contributed by atoms with Crippen LogP contribution in [0.15, 0.2) is 23.6 Å². The summed E-state index contributed by atoms with van der Waals surface area (Å²) in [4.78, 5) is 6.04. The fourth-order valence-corrected chi connectivity index (χ4v) is 3.80. The number of aliphatic hydroxyl groups excluding tert-OH is 1. The Morgan fingerprint density at radius 1 is 1.19 bits per heavy atom. The number of rotatable bonds is 5. The molecule has 1 fully saturated rings. The molecule has 1 unspecified atom stereocenters. The van der Waals surface area contributed by atoms with Gasteiger partial charge in [0.1, 0.15) is 0 Å². The molecule has 0 saturated carbocycles. The van der Waals surface area contributed by atoms with Crippen molar-refractivity contribution in [2.75, 3.05) is 52.5 Å². The zero-order chi connectivity index (χ0) is 14.5. The van der Waals surface area contributed by atoms with Gasteiger partial charge in [-0.1, -0.05) is 12.1 Å². The van der Waals surface area contributed by atoms with Gasteiger partial charge in [-0.3, -0.25) is 9.80 Å². The summed E-state index contributed by atoms with van der Waals surface area (Å²) in [5.74, 6) is 0. The third kappa shape index (κ3) is 4.37. The lowest BCUT2D eigenvalue weighted by Gasteiger charge is -2.32. The highest BCUT2D eigenvalue weighted by atomic mass is 32.1. The number of hydrogen-bond donors (Lipinski definition) is 1. The molecule has 21 heavy (non-hydrogen) atoms. The van der Waals surface area contributed by atoms with Crippen molar-refractivity contribution in [3.8, 4) is 0 Å². The van der Waals surface area contributed by atoms with E-state index in [-0.39, 0.29) is 6.10 Å². The lowest BCUT2D eigenvalue weighted by atomic mass is 10.1. The summed E-state index contributed by atoms with van der Waals surface area (Å²) in [6.07, 6.45) is 3.14. The van der Waals surface area contributed by atoms with Gasteiger partial charge in [0.05, 0.1) is 19.3 Å². The van der Waals surface area contributed by atoms with Crippen molar-refractivity contribution >= 4 is 16.9 Å². The number of hydrogen-bond acceptors (Lipinski definition) is 5. The number of ether oxygens (including phenoxy) is 1. The van der Waals surface area contributed by atoms with E-state index in [0.717, 1.165) is 58.9 Å². The minimum absolute atomic E-state index is 0.264. The topological polar surface area (TPSA) is 35.9 Å². The van der Waals surface area contributed by atoms with E-state index in [1.165, 1.54) is 10.5 Å². The first-order valence-electron chi connectivity index (χ1n) is 7.75. The van der Waals surface area contributed by atoms with Crippen LogP contribution >= 0.6 is 11.3 Å². The number of morpholine rings is 1. The lowest BCUT2D eigenvalue weighted by Crippen LogP contribution is -2.45. The number of thiophene rings is 1. The SMILES string of the molecule is OC(CN1CC=C(c2cccs2)CC1)CN1CCOCC1. The predicted octanol–water partition coefficient (Wildman–Crippen LogP) is 1.53. The van der Waals surface area contributed by atoms with Crippen LogP contribution in [0.1, 0.15) is 11.3 Å². The van der Waals surface area contributed by atoms with Crippen molar-refractivity contribution in [1.82, 2.24) is 9.80 Å². The van der Waals surface area contributed by atoms with E-state index >= 15 is 0 Å². The molecule has 2 aliphatic rings. The molecule has 2 aliphatic heterocycles. The van der Waals surface area contributed by atoms with Crippen molar-refractivity contribution in [3.05, 3.63) is 28.5 Å². The molecule has 0 bridgehead atoms. The monoisotopic (exact) mass is 308 g/mol. The molecule has 1 atom stereocenters. The van der Waals surface area contributed by atoms with Crippen molar-refractivity contribution < 1.29 is 9.84 Å². The van der Waals surface area contributed by atoms with E-state index in [1.54, 1.807) is 0 Å². The van der Waals surface area contributed by atoms with Crippen molar-refractivity contribution in [3.63, 3.8) is 0 Å². The van der Waals surface area contributed by atoms with Crippen LogP contribution in [0.4, 0.5) is 0 Å². The molecular formula is C16H24N2O2S. The number of nitrogens with zero attached hydrogens (tertiary/aromatic N) is 2. The summed E-state index contributed by atoms with van der Waals surface area (Å²) >= 11 is 1.81. The third-order valence-electron chi connectivity index (χ3n) is 4.17. The number of aliphatic hydroxyl groups is 1. The molecule has 0 amide bonds. The molecule has 4 nitrogen and oxygen atoms in total. The van der Waals surface area contributed by atoms with E-state index in [2.05, 4.69) is 33.4 Å². The average molecular weight is 308 g/mol. The zero-order valence-electron chi connectivity index (χ0n) is 12.4. The molecule has 5 heteroatoms. The van der Waals surface area contributed by atoms with Gasteiger partial charge in [0, 0.05) is 44.1 Å². The maximum Gasteiger partial charge on any atom is 0.0793 e. The Morgan fingerprint density at radius 3 is 2.67 bits per heavy atom. The Morgan fingerprint density at radius 2 is 2.00 bits per heavy atom. The molecule has 116 valence electrons. The summed E-state index contributed by atoms with van der Waals surface area (Å²) < 4.78 is 5.34. The Balaban J connectivity index is 1.44. The highest BCUT2D eigenvalue weighted by Crippen LogP contribution is 2.26. The Kier molecular flexibility index (Phi) is 5.43. The first kappa shape index (κ1) is 15.2. The van der Waals surface area contributed by atoms with E-state index < -0.39 is 0 Å². The van der Waals surface area contributed by atoms with Gasteiger partial charge in [-0.2, -0.15) is 0 Å². The van der Waals surface area contributed by atoms with Crippen LogP contribution < -0.4 is 0 Å². The minimum Gasteiger partial charge on any atom is -0.390 e. The Labute approximate surface area is 130 Å². The van der Waals surface area contributed by atoms with Gasteiger partial charge in [0.25, 0.3) is 0 Å². The van der Waals surface area contributed by atoms with E-state index in [0.29, 0.717) is 0 Å².